The van der Waals surface area contributed by atoms with E-state index in [0.717, 1.165) is 0 Å². The van der Waals surface area contributed by atoms with Gasteiger partial charge in [-0.3, -0.25) is 0 Å². The van der Waals surface area contributed by atoms with Gasteiger partial charge in [-0.15, -0.1) is 0 Å². The third kappa shape index (κ3) is 3.83. The predicted octanol–water partition coefficient (Wildman–Crippen LogP) is 7.00. The van der Waals surface area contributed by atoms with Crippen molar-refractivity contribution < 1.29 is 0 Å². The molecule has 0 amide bonds. The second kappa shape index (κ2) is 6.99. The van der Waals surface area contributed by atoms with Gasteiger partial charge in [-0.1, -0.05) is 77.4 Å². The third-order valence-corrected chi connectivity index (χ3v) is 5.35. The van der Waals surface area contributed by atoms with Crippen LogP contribution in [0.4, 0.5) is 11.4 Å². The molecule has 0 aromatic heterocycles. The van der Waals surface area contributed by atoms with Gasteiger partial charge in [0.05, 0.1) is 5.69 Å². The van der Waals surface area contributed by atoms with E-state index in [-0.39, 0.29) is 10.8 Å². The summed E-state index contributed by atoms with van der Waals surface area (Å²) in [5.74, 6) is 0. The van der Waals surface area contributed by atoms with Crippen molar-refractivity contribution in [1.82, 2.24) is 0 Å². The molecule has 0 aliphatic carbocycles. The van der Waals surface area contributed by atoms with Crippen LogP contribution in [0.1, 0.15) is 69.4 Å². The van der Waals surface area contributed by atoms with Crippen LogP contribution in [0.2, 0.25) is 0 Å². The van der Waals surface area contributed by atoms with Crippen molar-refractivity contribution in [3.8, 4) is 0 Å². The molecular weight excluding hydrogens is 340 g/mol. The number of rotatable bonds is 2. The Labute approximate surface area is 171 Å². The molecule has 3 rings (SSSR count). The Hall–Kier alpha value is -2.22. The van der Waals surface area contributed by atoms with Gasteiger partial charge < -0.3 is 9.80 Å². The van der Waals surface area contributed by atoms with Crippen molar-refractivity contribution >= 4 is 11.4 Å². The van der Waals surface area contributed by atoms with Gasteiger partial charge in [-0.05, 0) is 53.9 Å². The Kier molecular flexibility index (Phi) is 5.12. The highest BCUT2D eigenvalue weighted by molar-refractivity contribution is 5.73. The molecule has 0 fully saturated rings. The highest BCUT2D eigenvalue weighted by atomic mass is 15.3. The highest BCUT2D eigenvalue weighted by Crippen LogP contribution is 2.42. The van der Waals surface area contributed by atoms with Gasteiger partial charge in [-0.2, -0.15) is 0 Å². The van der Waals surface area contributed by atoms with Crippen LogP contribution in [-0.2, 0) is 10.8 Å². The Morgan fingerprint density at radius 3 is 1.54 bits per heavy atom. The standard InChI is InChI=1S/C26H34N2/c1-18-15-19(2)23(20(3)16-18)27-13-14-28(17-27)24-21(25(4,5)6)11-10-12-22(24)26(7,8)9/h10-16H,1-9H3. The van der Waals surface area contributed by atoms with Crippen LogP contribution in [0.3, 0.4) is 0 Å². The van der Waals surface area contributed by atoms with Gasteiger partial charge in [0, 0.05) is 18.1 Å². The van der Waals surface area contributed by atoms with E-state index in [0.29, 0.717) is 0 Å². The molecule has 0 atom stereocenters. The fourth-order valence-electron chi connectivity index (χ4n) is 4.13. The van der Waals surface area contributed by atoms with Crippen LogP contribution in [0.25, 0.3) is 0 Å². The molecule has 2 radical (unpaired) electrons. The molecule has 0 spiro atoms. The van der Waals surface area contributed by atoms with Crippen LogP contribution >= 0.6 is 0 Å². The Balaban J connectivity index is 2.07. The first-order valence-electron chi connectivity index (χ1n) is 10.1. The molecule has 2 nitrogen and oxygen atoms in total. The first-order valence-corrected chi connectivity index (χ1v) is 10.1. The van der Waals surface area contributed by atoms with Crippen LogP contribution in [0.5, 0.6) is 0 Å². The van der Waals surface area contributed by atoms with Gasteiger partial charge in [0.1, 0.15) is 0 Å². The quantitative estimate of drug-likeness (QED) is 0.558. The number of hydrogen-bond donors (Lipinski definition) is 0. The van der Waals surface area contributed by atoms with Gasteiger partial charge in [0.25, 0.3) is 0 Å². The first kappa shape index (κ1) is 20.5. The lowest BCUT2D eigenvalue weighted by Gasteiger charge is -2.34. The SMILES string of the molecule is Cc1cc(C)c(N2[C]N(c3c(C(C)(C)C)cccc3C(C)(C)C)C=C2)c(C)c1. The lowest BCUT2D eigenvalue weighted by atomic mass is 9.78. The Morgan fingerprint density at radius 2 is 1.11 bits per heavy atom. The first-order chi connectivity index (χ1) is 12.9. The van der Waals surface area contributed by atoms with E-state index in [4.69, 9.17) is 0 Å². The van der Waals surface area contributed by atoms with Gasteiger partial charge in [0.15, 0.2) is 0 Å². The van der Waals surface area contributed by atoms with Crippen molar-refractivity contribution in [1.29, 1.82) is 0 Å². The normalized spacial score (nSPS) is 14.9. The number of anilines is 2. The zero-order valence-corrected chi connectivity index (χ0v) is 18.9. The smallest absolute Gasteiger partial charge is 0.217 e. The van der Waals surface area contributed by atoms with Crippen molar-refractivity contribution in [2.45, 2.75) is 73.1 Å². The lowest BCUT2D eigenvalue weighted by molar-refractivity contribution is 0.569. The maximum atomic E-state index is 3.61. The second-order valence-electron chi connectivity index (χ2n) is 10.1. The van der Waals surface area contributed by atoms with Crippen LogP contribution in [0.15, 0.2) is 42.7 Å². The summed E-state index contributed by atoms with van der Waals surface area (Å²) in [6, 6.07) is 11.2. The molecule has 1 aliphatic rings. The number of hydrogen-bond acceptors (Lipinski definition) is 2. The monoisotopic (exact) mass is 374 g/mol. The molecular formula is C26H34N2. The van der Waals surface area contributed by atoms with Crippen LogP contribution in [-0.4, -0.2) is 0 Å². The van der Waals surface area contributed by atoms with E-state index >= 15 is 0 Å². The van der Waals surface area contributed by atoms with Crippen molar-refractivity contribution in [3.63, 3.8) is 0 Å². The lowest BCUT2D eigenvalue weighted by Crippen LogP contribution is -2.27. The minimum absolute atomic E-state index is 0.0508. The van der Waals surface area contributed by atoms with E-state index in [1.807, 2.05) is 0 Å². The molecule has 0 unspecified atom stereocenters. The van der Waals surface area contributed by atoms with E-state index in [2.05, 4.69) is 122 Å². The van der Waals surface area contributed by atoms with E-state index in [1.54, 1.807) is 0 Å². The number of para-hydroxylation sites is 1. The van der Waals surface area contributed by atoms with Crippen molar-refractivity contribution in [3.05, 3.63) is 77.2 Å². The molecule has 2 heteroatoms. The zero-order valence-electron chi connectivity index (χ0n) is 18.9. The fraction of sp³-hybridized carbons (Fsp3) is 0.423. The molecule has 0 saturated carbocycles. The van der Waals surface area contributed by atoms with Gasteiger partial charge >= 0.3 is 0 Å². The van der Waals surface area contributed by atoms with E-state index < -0.39 is 0 Å². The number of aryl methyl sites for hydroxylation is 3. The van der Waals surface area contributed by atoms with E-state index in [1.165, 1.54) is 39.2 Å². The van der Waals surface area contributed by atoms with E-state index in [9.17, 15) is 0 Å². The predicted molar refractivity (Wildman–Crippen MR) is 122 cm³/mol. The molecule has 2 aromatic rings. The van der Waals surface area contributed by atoms with Gasteiger partial charge in [0.2, 0.25) is 6.67 Å². The van der Waals surface area contributed by atoms with Crippen LogP contribution < -0.4 is 9.80 Å². The largest absolute Gasteiger partial charge is 0.315 e. The summed E-state index contributed by atoms with van der Waals surface area (Å²) in [4.78, 5) is 4.32. The molecule has 0 saturated heterocycles. The van der Waals surface area contributed by atoms with Crippen LogP contribution in [0, 0.1) is 27.4 Å². The molecule has 1 heterocycles. The fourth-order valence-corrected chi connectivity index (χ4v) is 4.13. The molecule has 1 aliphatic heterocycles. The molecule has 28 heavy (non-hydrogen) atoms. The summed E-state index contributed by atoms with van der Waals surface area (Å²) >= 11 is 0. The minimum Gasteiger partial charge on any atom is -0.315 e. The summed E-state index contributed by atoms with van der Waals surface area (Å²) in [5.41, 5.74) is 9.11. The average Bonchev–Trinajstić information content (AvgIpc) is 3.00. The summed E-state index contributed by atoms with van der Waals surface area (Å²) in [5, 5.41) is 0. The molecule has 0 bridgehead atoms. The Bertz CT molecular complexity index is 852. The van der Waals surface area contributed by atoms with Gasteiger partial charge in [-0.25, -0.2) is 0 Å². The van der Waals surface area contributed by atoms with Crippen molar-refractivity contribution in [2.24, 2.45) is 0 Å². The molecule has 0 N–H and O–H groups in total. The minimum atomic E-state index is 0.0508. The third-order valence-electron chi connectivity index (χ3n) is 5.35. The molecule has 2 aromatic carbocycles. The topological polar surface area (TPSA) is 6.48 Å². The summed E-state index contributed by atoms with van der Waals surface area (Å²) in [6.07, 6.45) is 4.26. The Morgan fingerprint density at radius 1 is 0.679 bits per heavy atom. The number of benzene rings is 2. The zero-order chi connectivity index (χ0) is 20.9. The summed E-state index contributed by atoms with van der Waals surface area (Å²) in [6.45, 7) is 23.8. The molecule has 148 valence electrons. The highest BCUT2D eigenvalue weighted by Gasteiger charge is 2.31. The summed E-state index contributed by atoms with van der Waals surface area (Å²) in [7, 11) is 0. The second-order valence-corrected chi connectivity index (χ2v) is 10.1. The van der Waals surface area contributed by atoms with Crippen molar-refractivity contribution in [2.75, 3.05) is 9.80 Å². The maximum Gasteiger partial charge on any atom is 0.217 e. The summed E-state index contributed by atoms with van der Waals surface area (Å²) < 4.78 is 0. The maximum absolute atomic E-state index is 3.61. The number of nitrogens with zero attached hydrogens (tertiary/aromatic N) is 2. The average molecular weight is 375 g/mol.